The zero-order chi connectivity index (χ0) is 14.0. The minimum atomic E-state index is -0.0973. The summed E-state index contributed by atoms with van der Waals surface area (Å²) in [5, 5.41) is 4.42. The molecule has 102 valence electrons. The molecule has 2 aromatic rings. The number of carbonyl (C=O) groups excluding carboxylic acids is 1. The lowest BCUT2D eigenvalue weighted by Crippen LogP contribution is -2.38. The summed E-state index contributed by atoms with van der Waals surface area (Å²) < 4.78 is 1.04. The third-order valence-electron chi connectivity index (χ3n) is 3.18. The topological polar surface area (TPSA) is 32.3 Å². The summed E-state index contributed by atoms with van der Waals surface area (Å²) in [6, 6.07) is 8.08. The van der Waals surface area contributed by atoms with E-state index in [2.05, 4.69) is 17.1 Å². The van der Waals surface area contributed by atoms with Crippen LogP contribution in [0.3, 0.4) is 0 Å². The average molecular weight is 297 g/mol. The fraction of sp³-hybridized carbons (Fsp3) is 0.357. The predicted molar refractivity (Wildman–Crippen MR) is 82.3 cm³/mol. The highest BCUT2D eigenvalue weighted by atomic mass is 35.5. The van der Waals surface area contributed by atoms with E-state index in [0.29, 0.717) is 16.4 Å². The van der Waals surface area contributed by atoms with Crippen LogP contribution in [0.15, 0.2) is 24.3 Å². The van der Waals surface area contributed by atoms with E-state index in [1.807, 2.05) is 38.4 Å². The summed E-state index contributed by atoms with van der Waals surface area (Å²) in [6.07, 6.45) is 0. The Labute approximate surface area is 122 Å². The van der Waals surface area contributed by atoms with Crippen molar-refractivity contribution in [1.29, 1.82) is 0 Å². The van der Waals surface area contributed by atoms with E-state index >= 15 is 0 Å². The molecular formula is C14H17ClN2OS. The summed E-state index contributed by atoms with van der Waals surface area (Å²) in [4.78, 5) is 14.8. The predicted octanol–water partition coefficient (Wildman–Crippen LogP) is 3.23. The Kier molecular flexibility index (Phi) is 4.45. The lowest BCUT2D eigenvalue weighted by molar-refractivity contribution is 0.0948. The van der Waals surface area contributed by atoms with E-state index in [4.69, 9.17) is 11.6 Å². The van der Waals surface area contributed by atoms with Crippen LogP contribution in [0.1, 0.15) is 16.6 Å². The van der Waals surface area contributed by atoms with E-state index in [9.17, 15) is 4.79 Å². The zero-order valence-corrected chi connectivity index (χ0v) is 12.8. The molecule has 0 unspecified atom stereocenters. The van der Waals surface area contributed by atoms with Gasteiger partial charge >= 0.3 is 0 Å². The second-order valence-corrected chi connectivity index (χ2v) is 6.19. The molecular weight excluding hydrogens is 280 g/mol. The van der Waals surface area contributed by atoms with Crippen molar-refractivity contribution < 1.29 is 4.79 Å². The number of hydrogen-bond acceptors (Lipinski definition) is 3. The van der Waals surface area contributed by atoms with Crippen LogP contribution in [0, 0.1) is 0 Å². The van der Waals surface area contributed by atoms with Gasteiger partial charge < -0.3 is 10.2 Å². The number of amides is 1. The van der Waals surface area contributed by atoms with E-state index in [1.54, 1.807) is 0 Å². The third kappa shape index (κ3) is 3.08. The fourth-order valence-corrected chi connectivity index (χ4v) is 3.10. The zero-order valence-electron chi connectivity index (χ0n) is 11.2. The van der Waals surface area contributed by atoms with Crippen LogP contribution in [0.5, 0.6) is 0 Å². The maximum absolute atomic E-state index is 12.2. The lowest BCUT2D eigenvalue weighted by atomic mass is 10.2. The molecule has 3 nitrogen and oxygen atoms in total. The molecule has 0 aliphatic heterocycles. The second kappa shape index (κ2) is 5.90. The summed E-state index contributed by atoms with van der Waals surface area (Å²) >= 11 is 7.70. The summed E-state index contributed by atoms with van der Waals surface area (Å²) in [7, 11) is 3.98. The number of carbonyl (C=O) groups is 1. The van der Waals surface area contributed by atoms with Gasteiger partial charge in [0.15, 0.2) is 0 Å². The van der Waals surface area contributed by atoms with Gasteiger partial charge in [-0.2, -0.15) is 0 Å². The molecule has 0 aliphatic carbocycles. The van der Waals surface area contributed by atoms with Crippen molar-refractivity contribution in [2.24, 2.45) is 0 Å². The van der Waals surface area contributed by atoms with Gasteiger partial charge in [-0.3, -0.25) is 4.79 Å². The first-order chi connectivity index (χ1) is 9.00. The Balaban J connectivity index is 2.16. The number of halogens is 1. The van der Waals surface area contributed by atoms with Crippen LogP contribution in [-0.2, 0) is 0 Å². The molecule has 1 aromatic carbocycles. The van der Waals surface area contributed by atoms with Crippen LogP contribution in [0.4, 0.5) is 0 Å². The lowest BCUT2D eigenvalue weighted by Gasteiger charge is -2.19. The quantitative estimate of drug-likeness (QED) is 0.939. The first-order valence-electron chi connectivity index (χ1n) is 6.12. The molecule has 19 heavy (non-hydrogen) atoms. The van der Waals surface area contributed by atoms with Crippen LogP contribution in [0.25, 0.3) is 10.1 Å². The number of nitrogens with zero attached hydrogens (tertiary/aromatic N) is 1. The van der Waals surface area contributed by atoms with Gasteiger partial charge in [0, 0.05) is 22.7 Å². The third-order valence-corrected chi connectivity index (χ3v) is 4.85. The van der Waals surface area contributed by atoms with Crippen molar-refractivity contribution in [3.05, 3.63) is 34.2 Å². The number of benzene rings is 1. The van der Waals surface area contributed by atoms with E-state index < -0.39 is 0 Å². The van der Waals surface area contributed by atoms with Crippen molar-refractivity contribution in [2.45, 2.75) is 13.0 Å². The first kappa shape index (κ1) is 14.3. The first-order valence-corrected chi connectivity index (χ1v) is 7.31. The van der Waals surface area contributed by atoms with E-state index in [-0.39, 0.29) is 11.9 Å². The smallest absolute Gasteiger partial charge is 0.262 e. The van der Waals surface area contributed by atoms with Crippen molar-refractivity contribution in [3.63, 3.8) is 0 Å². The van der Waals surface area contributed by atoms with Gasteiger partial charge in [0.2, 0.25) is 0 Å². The maximum atomic E-state index is 12.2. The minimum absolute atomic E-state index is 0.0973. The van der Waals surface area contributed by atoms with Crippen LogP contribution >= 0.6 is 22.9 Å². The van der Waals surface area contributed by atoms with Crippen LogP contribution in [-0.4, -0.2) is 37.5 Å². The molecule has 1 amide bonds. The molecule has 0 spiro atoms. The summed E-state index contributed by atoms with van der Waals surface area (Å²) in [5.74, 6) is -0.0973. The van der Waals surface area contributed by atoms with Gasteiger partial charge in [-0.25, -0.2) is 0 Å². The van der Waals surface area contributed by atoms with Gasteiger partial charge in [0.25, 0.3) is 5.91 Å². The molecule has 0 radical (unpaired) electrons. The molecule has 0 saturated heterocycles. The molecule has 1 N–H and O–H groups in total. The molecule has 1 aromatic heterocycles. The van der Waals surface area contributed by atoms with Crippen molar-refractivity contribution in [3.8, 4) is 0 Å². The summed E-state index contributed by atoms with van der Waals surface area (Å²) in [6.45, 7) is 2.67. The monoisotopic (exact) mass is 296 g/mol. The van der Waals surface area contributed by atoms with Crippen molar-refractivity contribution in [2.75, 3.05) is 20.6 Å². The van der Waals surface area contributed by atoms with Crippen LogP contribution in [0.2, 0.25) is 5.02 Å². The molecule has 1 atom stereocenters. The number of thiophene rings is 1. The molecule has 0 fully saturated rings. The van der Waals surface area contributed by atoms with E-state index in [0.717, 1.165) is 10.1 Å². The second-order valence-electron chi connectivity index (χ2n) is 4.76. The Morgan fingerprint density at radius 2 is 2.11 bits per heavy atom. The SMILES string of the molecule is C[C@H](CNC(=O)c1sc2ccccc2c1Cl)N(C)C. The Hall–Kier alpha value is -1.10. The molecule has 0 saturated carbocycles. The minimum Gasteiger partial charge on any atom is -0.350 e. The Morgan fingerprint density at radius 3 is 2.74 bits per heavy atom. The normalized spacial score (nSPS) is 12.9. The molecule has 0 aliphatic rings. The number of fused-ring (bicyclic) bond motifs is 1. The highest BCUT2D eigenvalue weighted by Crippen LogP contribution is 2.34. The number of hydrogen-bond donors (Lipinski definition) is 1. The van der Waals surface area contributed by atoms with Gasteiger partial charge in [0.1, 0.15) is 4.88 Å². The number of nitrogens with one attached hydrogen (secondary N) is 1. The average Bonchev–Trinajstić information content (AvgIpc) is 2.73. The maximum Gasteiger partial charge on any atom is 0.262 e. The standard InChI is InChI=1S/C14H17ClN2OS/c1-9(17(2)3)8-16-14(18)13-12(15)10-6-4-5-7-11(10)19-13/h4-7,9H,8H2,1-3H3,(H,16,18)/t9-/m1/s1. The Morgan fingerprint density at radius 1 is 1.42 bits per heavy atom. The van der Waals surface area contributed by atoms with Gasteiger partial charge in [0.05, 0.1) is 5.02 Å². The molecule has 0 bridgehead atoms. The highest BCUT2D eigenvalue weighted by Gasteiger charge is 2.17. The molecule has 5 heteroatoms. The fourth-order valence-electron chi connectivity index (χ4n) is 1.66. The van der Waals surface area contributed by atoms with Crippen LogP contribution < -0.4 is 5.32 Å². The van der Waals surface area contributed by atoms with E-state index in [1.165, 1.54) is 11.3 Å². The molecule has 2 rings (SSSR count). The number of likely N-dealkylation sites (N-methyl/N-ethyl adjacent to an activating group) is 1. The van der Waals surface area contributed by atoms with Gasteiger partial charge in [-0.15, -0.1) is 11.3 Å². The van der Waals surface area contributed by atoms with Gasteiger partial charge in [-0.05, 0) is 27.1 Å². The van der Waals surface area contributed by atoms with Gasteiger partial charge in [-0.1, -0.05) is 29.8 Å². The van der Waals surface area contributed by atoms with Crippen molar-refractivity contribution >= 4 is 38.9 Å². The summed E-state index contributed by atoms with van der Waals surface area (Å²) in [5.41, 5.74) is 0. The number of rotatable bonds is 4. The molecule has 1 heterocycles. The largest absolute Gasteiger partial charge is 0.350 e. The van der Waals surface area contributed by atoms with Crippen molar-refractivity contribution in [1.82, 2.24) is 10.2 Å². The highest BCUT2D eigenvalue weighted by molar-refractivity contribution is 7.21. The Bertz CT molecular complexity index is 594.